The first-order chi connectivity index (χ1) is 49.8. The van der Waals surface area contributed by atoms with Gasteiger partial charge < -0.3 is 54.3 Å². The van der Waals surface area contributed by atoms with Gasteiger partial charge in [0.15, 0.2) is 12.1 Å². The van der Waals surface area contributed by atoms with E-state index in [0.29, 0.717) is 57.8 Å². The topological polar surface area (TPSA) is 297 Å². The van der Waals surface area contributed by atoms with Crippen molar-refractivity contribution in [1.29, 1.82) is 0 Å². The first kappa shape index (κ1) is 97.3. The Labute approximate surface area is 625 Å². The van der Waals surface area contributed by atoms with Gasteiger partial charge in [0, 0.05) is 31.8 Å². The number of carbonyl (C=O) groups is 7. The second-order valence-electron chi connectivity index (χ2n) is 30.0. The molecule has 0 bridgehead atoms. The SMILES string of the molecule is CCCCCCCCCCC[C@H](CC(=O)NC1C(OC(=O)C[C@@H](CCCCCCCCCCC)OC(=O)CCCCCCCCC)[C@H](OP(=O)(O)O)C(CO)C[C@H]1OC[C@H](NC(=O)C[C@@H](CCCCCCCCCCC)OC(=O)CCCCCCCCC)C(=O)O)OC(=O)CCCCCCCCC. The highest BCUT2D eigenvalue weighted by atomic mass is 31.2. The Morgan fingerprint density at radius 3 is 1.01 bits per heavy atom. The third-order valence-electron chi connectivity index (χ3n) is 20.2. The maximum Gasteiger partial charge on any atom is 0.469 e. The summed E-state index contributed by atoms with van der Waals surface area (Å²) in [6.45, 7) is 11.5. The molecule has 0 aromatic heterocycles. The third kappa shape index (κ3) is 55.4. The normalized spacial score (nSPS) is 17.3. The smallest absolute Gasteiger partial charge is 0.469 e. The molecule has 3 unspecified atom stereocenters. The fraction of sp³-hybridized carbons (Fsp3) is 0.915. The first-order valence-corrected chi connectivity index (χ1v) is 43.9. The number of carboxylic acid groups (broad SMARTS) is 1. The molecule has 604 valence electrons. The number of hydrogen-bond acceptors (Lipinski definition) is 15. The van der Waals surface area contributed by atoms with Crippen LogP contribution in [0.1, 0.15) is 414 Å². The number of aliphatic carboxylic acids is 1. The highest BCUT2D eigenvalue weighted by Crippen LogP contribution is 2.44. The molecule has 1 fully saturated rings. The number of aliphatic hydroxyl groups is 1. The number of ether oxygens (including phenoxy) is 5. The Hall–Kier alpha value is -3.68. The van der Waals surface area contributed by atoms with Crippen LogP contribution in [0, 0.1) is 5.92 Å². The minimum Gasteiger partial charge on any atom is -0.480 e. The van der Waals surface area contributed by atoms with Gasteiger partial charge in [-0.25, -0.2) is 9.36 Å². The van der Waals surface area contributed by atoms with Gasteiger partial charge in [0.1, 0.15) is 24.4 Å². The number of aliphatic hydroxyl groups excluding tert-OH is 1. The van der Waals surface area contributed by atoms with Crippen LogP contribution in [0.15, 0.2) is 0 Å². The molecule has 20 nitrogen and oxygen atoms in total. The van der Waals surface area contributed by atoms with Crippen molar-refractivity contribution in [2.24, 2.45) is 5.92 Å². The van der Waals surface area contributed by atoms with E-state index in [9.17, 15) is 58.1 Å². The zero-order valence-electron chi connectivity index (χ0n) is 66.1. The molecule has 1 aliphatic rings. The Morgan fingerprint density at radius 2 is 0.699 bits per heavy atom. The zero-order valence-corrected chi connectivity index (χ0v) is 67.0. The molecule has 103 heavy (non-hydrogen) atoms. The predicted molar refractivity (Wildman–Crippen MR) is 410 cm³/mol. The number of unbranched alkanes of at least 4 members (excludes halogenated alkanes) is 42. The van der Waals surface area contributed by atoms with Crippen molar-refractivity contribution in [2.45, 2.75) is 463 Å². The van der Waals surface area contributed by atoms with E-state index in [1.165, 1.54) is 57.8 Å². The molecular formula is C82H153N2O18P. The van der Waals surface area contributed by atoms with Crippen molar-refractivity contribution in [2.75, 3.05) is 13.2 Å². The molecule has 0 spiro atoms. The van der Waals surface area contributed by atoms with E-state index in [-0.39, 0.29) is 38.5 Å². The van der Waals surface area contributed by atoms with Crippen LogP contribution in [0.4, 0.5) is 0 Å². The number of amides is 2. The number of carbonyl (C=O) groups excluding carboxylic acids is 6. The quantitative estimate of drug-likeness (QED) is 0.0143. The van der Waals surface area contributed by atoms with E-state index < -0.39 is 124 Å². The molecule has 0 aliphatic heterocycles. The average molecular weight is 1490 g/mol. The minimum absolute atomic E-state index is 0.141. The molecule has 21 heteroatoms. The molecule has 9 atom stereocenters. The predicted octanol–water partition coefficient (Wildman–Crippen LogP) is 19.9. The minimum atomic E-state index is -5.48. The highest BCUT2D eigenvalue weighted by molar-refractivity contribution is 7.46. The second kappa shape index (κ2) is 66.5. The molecule has 1 aliphatic carbocycles. The summed E-state index contributed by atoms with van der Waals surface area (Å²) in [5, 5.41) is 27.3. The van der Waals surface area contributed by atoms with Crippen molar-refractivity contribution >= 4 is 49.5 Å². The van der Waals surface area contributed by atoms with Crippen molar-refractivity contribution in [3.8, 4) is 0 Å². The van der Waals surface area contributed by atoms with Gasteiger partial charge in [-0.3, -0.25) is 33.3 Å². The average Bonchev–Trinajstić information content (AvgIpc) is 0.781. The Kier molecular flexibility index (Phi) is 62.9. The number of phosphoric ester groups is 1. The zero-order chi connectivity index (χ0) is 75.8. The van der Waals surface area contributed by atoms with Crippen LogP contribution in [-0.2, 0) is 66.3 Å². The number of nitrogens with one attached hydrogen (secondary N) is 2. The molecule has 1 saturated carbocycles. The highest BCUT2D eigenvalue weighted by Gasteiger charge is 2.51. The first-order valence-electron chi connectivity index (χ1n) is 42.4. The summed E-state index contributed by atoms with van der Waals surface area (Å²) in [6.07, 6.45) is 41.3. The fourth-order valence-corrected chi connectivity index (χ4v) is 14.6. The van der Waals surface area contributed by atoms with Gasteiger partial charge >= 0.3 is 37.7 Å². The number of rotatable bonds is 73. The van der Waals surface area contributed by atoms with Crippen LogP contribution in [0.25, 0.3) is 0 Å². The maximum atomic E-state index is 14.9. The van der Waals surface area contributed by atoms with Gasteiger partial charge in [0.05, 0.1) is 38.0 Å². The van der Waals surface area contributed by atoms with Crippen LogP contribution in [-0.4, -0.2) is 124 Å². The third-order valence-corrected chi connectivity index (χ3v) is 20.8. The van der Waals surface area contributed by atoms with Crippen molar-refractivity contribution in [3.05, 3.63) is 0 Å². The van der Waals surface area contributed by atoms with Crippen LogP contribution in [0.3, 0.4) is 0 Å². The summed E-state index contributed by atoms with van der Waals surface area (Å²) in [5.74, 6) is -6.50. The fourth-order valence-electron chi connectivity index (χ4n) is 14.0. The standard InChI is InChI=1S/C82H153N2O18P/c1-7-13-19-25-31-34-40-43-49-55-68(98-75(88)58-52-46-37-28-22-16-10-4)62-73(86)83-71(82(92)93)66-97-72-61-67(65-85)80(102-103(94,95)96)81(101-78(91)64-70(57-51-45-42-36-33-27-21-15-9-3)100-77(90)60-54-48-39-30-24-18-12-6)79(72)84-74(87)63-69(56-50-44-41-35-32-26-20-14-8-2)99-76(89)59-53-47-38-29-23-17-11-5/h67-72,79-81,85H,7-66H2,1-6H3,(H,83,86)(H,84,87)(H,92,93)(H2,94,95,96)/t67?,68-,69-,70-,71+,72-,79?,80-,81?/m1/s1. The summed E-state index contributed by atoms with van der Waals surface area (Å²) in [6, 6.07) is -3.29. The van der Waals surface area contributed by atoms with Crippen molar-refractivity contribution in [1.82, 2.24) is 10.6 Å². The van der Waals surface area contributed by atoms with E-state index in [0.717, 1.165) is 212 Å². The van der Waals surface area contributed by atoms with E-state index in [1.54, 1.807) is 0 Å². The van der Waals surface area contributed by atoms with E-state index >= 15 is 0 Å². The van der Waals surface area contributed by atoms with Crippen LogP contribution in [0.5, 0.6) is 0 Å². The maximum absolute atomic E-state index is 14.9. The summed E-state index contributed by atoms with van der Waals surface area (Å²) >= 11 is 0. The summed E-state index contributed by atoms with van der Waals surface area (Å²) in [4.78, 5) is 118. The Balaban J connectivity index is 3.85. The molecular weight excluding hydrogens is 1330 g/mol. The Morgan fingerprint density at radius 1 is 0.398 bits per heavy atom. The van der Waals surface area contributed by atoms with Gasteiger partial charge in [-0.1, -0.05) is 311 Å². The van der Waals surface area contributed by atoms with Crippen molar-refractivity contribution < 1.29 is 86.3 Å². The molecule has 6 N–H and O–H groups in total. The lowest BCUT2D eigenvalue weighted by Crippen LogP contribution is -2.64. The van der Waals surface area contributed by atoms with Crippen LogP contribution >= 0.6 is 7.82 Å². The molecule has 2 amide bonds. The number of hydrogen-bond donors (Lipinski definition) is 6. The van der Waals surface area contributed by atoms with Crippen LogP contribution < -0.4 is 10.6 Å². The lowest BCUT2D eigenvalue weighted by molar-refractivity contribution is -0.181. The molecule has 1 rings (SSSR count). The lowest BCUT2D eigenvalue weighted by Gasteiger charge is -2.45. The number of carboxylic acids is 1. The summed E-state index contributed by atoms with van der Waals surface area (Å²) in [5.41, 5.74) is 0. The summed E-state index contributed by atoms with van der Waals surface area (Å²) < 4.78 is 49.3. The number of phosphoric acid groups is 1. The lowest BCUT2D eigenvalue weighted by atomic mass is 9.79. The van der Waals surface area contributed by atoms with Crippen LogP contribution in [0.2, 0.25) is 0 Å². The van der Waals surface area contributed by atoms with Gasteiger partial charge in [-0.15, -0.1) is 0 Å². The Bertz CT molecular complexity index is 2170. The van der Waals surface area contributed by atoms with Crippen molar-refractivity contribution in [3.63, 3.8) is 0 Å². The van der Waals surface area contributed by atoms with Gasteiger partial charge in [-0.2, -0.15) is 0 Å². The molecule has 0 radical (unpaired) electrons. The molecule has 0 aromatic rings. The second-order valence-corrected chi connectivity index (χ2v) is 31.2. The van der Waals surface area contributed by atoms with Gasteiger partial charge in [-0.05, 0) is 64.2 Å². The van der Waals surface area contributed by atoms with Gasteiger partial charge in [0.25, 0.3) is 0 Å². The molecule has 0 saturated heterocycles. The van der Waals surface area contributed by atoms with E-state index in [4.69, 9.17) is 28.2 Å². The molecule has 0 aromatic carbocycles. The summed E-state index contributed by atoms with van der Waals surface area (Å²) in [7, 11) is -5.48. The van der Waals surface area contributed by atoms with E-state index in [1.807, 2.05) is 0 Å². The molecule has 0 heterocycles. The van der Waals surface area contributed by atoms with E-state index in [2.05, 4.69) is 52.2 Å². The van der Waals surface area contributed by atoms with Gasteiger partial charge in [0.2, 0.25) is 11.8 Å². The largest absolute Gasteiger partial charge is 0.480 e. The monoisotopic (exact) mass is 1490 g/mol. The number of esters is 4.